The van der Waals surface area contributed by atoms with Gasteiger partial charge in [-0.1, -0.05) is 0 Å². The first-order chi connectivity index (χ1) is 13.0. The second-order valence-electron chi connectivity index (χ2n) is 6.08. The minimum absolute atomic E-state index is 0.0343. The van der Waals surface area contributed by atoms with Crippen molar-refractivity contribution in [3.8, 4) is 0 Å². The lowest BCUT2D eigenvalue weighted by Crippen LogP contribution is -2.27. The van der Waals surface area contributed by atoms with E-state index in [2.05, 4.69) is 20.3 Å². The molecule has 0 bridgehead atoms. The average Bonchev–Trinajstić information content (AvgIpc) is 3.21. The average molecular weight is 400 g/mol. The standard InChI is InChI=1S/C15H25N6O5P/c1-3-25-27(23,26-4-2)6-5-24-11-8-17-7-10(11)21-9-18-12-13(21)19-15(16)20-14(12)22/h9-11,17H,3-8H2,1-2H3,(H3,16,19,20,22)/t10-,11+/m1/s1. The predicted molar refractivity (Wildman–Crippen MR) is 99.9 cm³/mol. The number of nitrogens with zero attached hydrogens (tertiary/aromatic N) is 3. The molecule has 0 spiro atoms. The Kier molecular flexibility index (Phi) is 6.28. The highest BCUT2D eigenvalue weighted by atomic mass is 31.2. The van der Waals surface area contributed by atoms with Crippen LogP contribution in [0.4, 0.5) is 5.95 Å². The molecule has 0 amide bonds. The van der Waals surface area contributed by atoms with Crippen molar-refractivity contribution in [1.29, 1.82) is 0 Å². The van der Waals surface area contributed by atoms with Crippen LogP contribution in [0.1, 0.15) is 19.9 Å². The quantitative estimate of drug-likeness (QED) is 0.512. The van der Waals surface area contributed by atoms with Gasteiger partial charge in [-0.15, -0.1) is 0 Å². The third kappa shape index (κ3) is 4.39. The van der Waals surface area contributed by atoms with Crippen molar-refractivity contribution in [2.24, 2.45) is 0 Å². The number of H-pyrrole nitrogens is 1. The predicted octanol–water partition coefficient (Wildman–Crippen LogP) is 0.497. The Bertz CT molecular complexity index is 873. The van der Waals surface area contributed by atoms with Crippen LogP contribution in [0, 0.1) is 0 Å². The number of anilines is 1. The molecule has 1 aliphatic rings. The number of aromatic nitrogens is 4. The molecule has 0 unspecified atom stereocenters. The Morgan fingerprint density at radius 1 is 1.33 bits per heavy atom. The van der Waals surface area contributed by atoms with Crippen molar-refractivity contribution in [2.45, 2.75) is 26.0 Å². The Morgan fingerprint density at radius 3 is 2.78 bits per heavy atom. The molecule has 2 aromatic heterocycles. The highest BCUT2D eigenvalue weighted by Gasteiger charge is 2.32. The van der Waals surface area contributed by atoms with Crippen molar-refractivity contribution in [1.82, 2.24) is 24.8 Å². The summed E-state index contributed by atoms with van der Waals surface area (Å²) in [5.41, 5.74) is 5.92. The van der Waals surface area contributed by atoms with Gasteiger partial charge in [-0.2, -0.15) is 4.98 Å². The van der Waals surface area contributed by atoms with Crippen LogP contribution in [0.2, 0.25) is 0 Å². The van der Waals surface area contributed by atoms with Gasteiger partial charge < -0.3 is 29.4 Å². The zero-order chi connectivity index (χ0) is 19.4. The molecule has 3 heterocycles. The molecule has 3 rings (SSSR count). The smallest absolute Gasteiger partial charge is 0.332 e. The maximum atomic E-state index is 12.5. The van der Waals surface area contributed by atoms with E-state index in [0.29, 0.717) is 32.0 Å². The highest BCUT2D eigenvalue weighted by molar-refractivity contribution is 7.53. The van der Waals surface area contributed by atoms with Gasteiger partial charge in [0.1, 0.15) is 0 Å². The van der Waals surface area contributed by atoms with Gasteiger partial charge in [0.05, 0.1) is 44.5 Å². The lowest BCUT2D eigenvalue weighted by atomic mass is 10.2. The molecule has 0 saturated carbocycles. The van der Waals surface area contributed by atoms with E-state index in [1.54, 1.807) is 24.7 Å². The van der Waals surface area contributed by atoms with Crippen molar-refractivity contribution in [3.05, 3.63) is 16.7 Å². The summed E-state index contributed by atoms with van der Waals surface area (Å²) in [6.45, 7) is 5.63. The van der Waals surface area contributed by atoms with Gasteiger partial charge in [-0.05, 0) is 13.8 Å². The van der Waals surface area contributed by atoms with Crippen LogP contribution in [0.15, 0.2) is 11.1 Å². The molecule has 27 heavy (non-hydrogen) atoms. The van der Waals surface area contributed by atoms with Gasteiger partial charge in [-0.3, -0.25) is 14.3 Å². The minimum atomic E-state index is -3.15. The monoisotopic (exact) mass is 400 g/mol. The third-order valence-corrected chi connectivity index (χ3v) is 6.32. The highest BCUT2D eigenvalue weighted by Crippen LogP contribution is 2.47. The normalized spacial score (nSPS) is 20.5. The molecule has 0 aromatic carbocycles. The molecule has 0 aliphatic carbocycles. The Balaban J connectivity index is 1.71. The number of ether oxygens (including phenoxy) is 1. The lowest BCUT2D eigenvalue weighted by Gasteiger charge is -2.22. The van der Waals surface area contributed by atoms with E-state index in [-0.39, 0.29) is 41.9 Å². The third-order valence-electron chi connectivity index (χ3n) is 4.28. The molecule has 150 valence electrons. The molecule has 0 radical (unpaired) electrons. The first-order valence-corrected chi connectivity index (χ1v) is 10.6. The fourth-order valence-corrected chi connectivity index (χ4v) is 4.60. The van der Waals surface area contributed by atoms with Gasteiger partial charge in [0.15, 0.2) is 11.2 Å². The Hall–Kier alpha value is -1.78. The van der Waals surface area contributed by atoms with E-state index in [1.165, 1.54) is 0 Å². The summed E-state index contributed by atoms with van der Waals surface area (Å²) >= 11 is 0. The zero-order valence-electron chi connectivity index (χ0n) is 15.4. The van der Waals surface area contributed by atoms with Crippen LogP contribution in [0.25, 0.3) is 11.2 Å². The van der Waals surface area contributed by atoms with Gasteiger partial charge in [0, 0.05) is 13.1 Å². The van der Waals surface area contributed by atoms with E-state index in [0.717, 1.165) is 0 Å². The molecular formula is C15H25N6O5P. The topological polar surface area (TPSA) is 146 Å². The van der Waals surface area contributed by atoms with Crippen LogP contribution >= 0.6 is 7.60 Å². The van der Waals surface area contributed by atoms with E-state index in [1.807, 2.05) is 0 Å². The summed E-state index contributed by atoms with van der Waals surface area (Å²) in [7, 11) is -3.15. The first kappa shape index (κ1) is 20.0. The van der Waals surface area contributed by atoms with Crippen LogP contribution < -0.4 is 16.6 Å². The van der Waals surface area contributed by atoms with Crippen molar-refractivity contribution in [2.75, 3.05) is 44.8 Å². The van der Waals surface area contributed by atoms with E-state index >= 15 is 0 Å². The van der Waals surface area contributed by atoms with Crippen LogP contribution in [0.3, 0.4) is 0 Å². The minimum Gasteiger partial charge on any atom is -0.374 e. The van der Waals surface area contributed by atoms with Crippen LogP contribution in [-0.4, -0.2) is 64.7 Å². The molecule has 1 fully saturated rings. The number of rotatable bonds is 9. The van der Waals surface area contributed by atoms with Crippen molar-refractivity contribution in [3.63, 3.8) is 0 Å². The van der Waals surface area contributed by atoms with Crippen molar-refractivity contribution < 1.29 is 18.3 Å². The molecular weight excluding hydrogens is 375 g/mol. The summed E-state index contributed by atoms with van der Waals surface area (Å²) in [5.74, 6) is 0.0343. The maximum absolute atomic E-state index is 12.5. The summed E-state index contributed by atoms with van der Waals surface area (Å²) in [6.07, 6.45) is 1.53. The largest absolute Gasteiger partial charge is 0.374 e. The number of nitrogen functional groups attached to an aromatic ring is 1. The number of hydrogen-bond acceptors (Lipinski definition) is 9. The molecule has 1 saturated heterocycles. The van der Waals surface area contributed by atoms with Crippen molar-refractivity contribution >= 4 is 24.7 Å². The SMILES string of the molecule is CCOP(=O)(CCO[C@H]1CNC[C@H]1n1cnc2c(=O)[nH]c(N)nc21)OCC. The second-order valence-corrected chi connectivity index (χ2v) is 8.27. The fourth-order valence-electron chi connectivity index (χ4n) is 3.15. The van der Waals surface area contributed by atoms with Gasteiger partial charge in [0.25, 0.3) is 5.56 Å². The number of fused-ring (bicyclic) bond motifs is 1. The molecule has 4 N–H and O–H groups in total. The number of aromatic amines is 1. The van der Waals surface area contributed by atoms with Crippen LogP contribution in [-0.2, 0) is 18.3 Å². The molecule has 12 heteroatoms. The number of hydrogen-bond donors (Lipinski definition) is 3. The van der Waals surface area contributed by atoms with Gasteiger partial charge >= 0.3 is 7.60 Å². The number of nitrogens with one attached hydrogen (secondary N) is 2. The fraction of sp³-hybridized carbons (Fsp3) is 0.667. The molecule has 2 aromatic rings. The van der Waals surface area contributed by atoms with E-state index in [4.69, 9.17) is 19.5 Å². The summed E-state index contributed by atoms with van der Waals surface area (Å²) < 4.78 is 30.8. The Labute approximate surface area is 156 Å². The first-order valence-electron chi connectivity index (χ1n) is 8.90. The van der Waals surface area contributed by atoms with Gasteiger partial charge in [-0.25, -0.2) is 4.98 Å². The molecule has 11 nitrogen and oxygen atoms in total. The van der Waals surface area contributed by atoms with E-state index < -0.39 is 7.60 Å². The van der Waals surface area contributed by atoms with Gasteiger partial charge in [0.2, 0.25) is 5.95 Å². The molecule has 1 aliphatic heterocycles. The van der Waals surface area contributed by atoms with E-state index in [9.17, 15) is 9.36 Å². The lowest BCUT2D eigenvalue weighted by molar-refractivity contribution is 0.0490. The number of nitrogens with two attached hydrogens (primary N) is 1. The summed E-state index contributed by atoms with van der Waals surface area (Å²) in [4.78, 5) is 22.7. The Morgan fingerprint density at radius 2 is 2.07 bits per heavy atom. The summed E-state index contributed by atoms with van der Waals surface area (Å²) in [5, 5.41) is 3.25. The molecule has 2 atom stereocenters. The number of imidazole rings is 1. The zero-order valence-corrected chi connectivity index (χ0v) is 16.3. The summed E-state index contributed by atoms with van der Waals surface area (Å²) in [6, 6.07) is -0.123. The van der Waals surface area contributed by atoms with Crippen LogP contribution in [0.5, 0.6) is 0 Å². The second kappa shape index (κ2) is 8.49. The maximum Gasteiger partial charge on any atom is 0.332 e.